The van der Waals surface area contributed by atoms with Crippen LogP contribution in [-0.2, 0) is 22.5 Å². The van der Waals surface area contributed by atoms with Crippen LogP contribution in [0, 0.1) is 5.92 Å². The molecule has 1 aliphatic heterocycles. The molecular formula is C16H23ClN2O2. The zero-order valence-electron chi connectivity index (χ0n) is 12.8. The molecule has 0 spiro atoms. The third-order valence-electron chi connectivity index (χ3n) is 3.60. The van der Waals surface area contributed by atoms with E-state index in [-0.39, 0.29) is 11.9 Å². The fourth-order valence-corrected chi connectivity index (χ4v) is 2.83. The van der Waals surface area contributed by atoms with Crippen molar-refractivity contribution in [3.63, 3.8) is 0 Å². The van der Waals surface area contributed by atoms with Crippen LogP contribution in [0.5, 0.6) is 0 Å². The van der Waals surface area contributed by atoms with Gasteiger partial charge in [0.1, 0.15) is 5.60 Å². The van der Waals surface area contributed by atoms with Crippen LogP contribution in [-0.4, -0.2) is 18.1 Å². The Bertz CT molecular complexity index is 538. The molecule has 21 heavy (non-hydrogen) atoms. The maximum atomic E-state index is 12.2. The molecule has 2 rings (SSSR count). The van der Waals surface area contributed by atoms with Crippen molar-refractivity contribution in [2.75, 3.05) is 11.9 Å². The summed E-state index contributed by atoms with van der Waals surface area (Å²) in [6.45, 7) is 6.64. The number of fused-ring (bicyclic) bond motifs is 1. The lowest BCUT2D eigenvalue weighted by Crippen LogP contribution is -2.31. The average molecular weight is 311 g/mol. The van der Waals surface area contributed by atoms with Crippen molar-refractivity contribution in [2.45, 2.75) is 45.8 Å². The van der Waals surface area contributed by atoms with Gasteiger partial charge >= 0.3 is 5.97 Å². The monoisotopic (exact) mass is 310 g/mol. The summed E-state index contributed by atoms with van der Waals surface area (Å²) >= 11 is 6.20. The van der Waals surface area contributed by atoms with Crippen LogP contribution in [0.15, 0.2) is 12.1 Å². The number of hydrogen-bond acceptors (Lipinski definition) is 4. The molecule has 0 aliphatic carbocycles. The minimum Gasteiger partial charge on any atom is -0.460 e. The summed E-state index contributed by atoms with van der Waals surface area (Å²) < 4.78 is 5.48. The highest BCUT2D eigenvalue weighted by molar-refractivity contribution is 6.31. The number of esters is 1. The topological polar surface area (TPSA) is 64.3 Å². The SMILES string of the molecule is CC(C)(C)OC(=O)C1CCc2c(ccc(Cl)c2CN)NC1. The molecule has 0 radical (unpaired) electrons. The lowest BCUT2D eigenvalue weighted by Gasteiger charge is -2.23. The van der Waals surface area contributed by atoms with E-state index >= 15 is 0 Å². The quantitative estimate of drug-likeness (QED) is 0.824. The maximum absolute atomic E-state index is 12.2. The second kappa shape index (κ2) is 6.24. The molecule has 1 atom stereocenters. The van der Waals surface area contributed by atoms with E-state index in [2.05, 4.69) is 5.32 Å². The number of nitrogens with two attached hydrogens (primary N) is 1. The highest BCUT2D eigenvalue weighted by Crippen LogP contribution is 2.32. The largest absolute Gasteiger partial charge is 0.460 e. The number of carbonyl (C=O) groups is 1. The number of rotatable bonds is 2. The Kier molecular flexibility index (Phi) is 4.79. The van der Waals surface area contributed by atoms with Crippen molar-refractivity contribution in [2.24, 2.45) is 11.7 Å². The summed E-state index contributed by atoms with van der Waals surface area (Å²) in [6.07, 6.45) is 1.52. The van der Waals surface area contributed by atoms with Gasteiger partial charge in [-0.1, -0.05) is 11.6 Å². The van der Waals surface area contributed by atoms with Gasteiger partial charge in [-0.15, -0.1) is 0 Å². The maximum Gasteiger partial charge on any atom is 0.311 e. The first-order valence-electron chi connectivity index (χ1n) is 7.29. The smallest absolute Gasteiger partial charge is 0.311 e. The van der Waals surface area contributed by atoms with E-state index < -0.39 is 5.60 Å². The molecule has 0 amide bonds. The normalized spacial score (nSPS) is 18.4. The molecule has 1 heterocycles. The minimum atomic E-state index is -0.456. The van der Waals surface area contributed by atoms with Crippen molar-refractivity contribution >= 4 is 23.3 Å². The van der Waals surface area contributed by atoms with E-state index in [1.165, 1.54) is 0 Å². The highest BCUT2D eigenvalue weighted by atomic mass is 35.5. The number of benzene rings is 1. The molecular weight excluding hydrogens is 288 g/mol. The van der Waals surface area contributed by atoms with Gasteiger partial charge in [-0.05, 0) is 56.9 Å². The Hall–Kier alpha value is -1.26. The number of carbonyl (C=O) groups excluding carboxylic acids is 1. The number of halogens is 1. The minimum absolute atomic E-state index is 0.150. The van der Waals surface area contributed by atoms with Crippen molar-refractivity contribution in [1.82, 2.24) is 0 Å². The van der Waals surface area contributed by atoms with Gasteiger partial charge in [-0.25, -0.2) is 0 Å². The van der Waals surface area contributed by atoms with Gasteiger partial charge in [0, 0.05) is 23.8 Å². The van der Waals surface area contributed by atoms with Crippen LogP contribution in [0.4, 0.5) is 5.69 Å². The predicted octanol–water partition coefficient (Wildman–Crippen LogP) is 3.11. The number of hydrogen-bond donors (Lipinski definition) is 2. The van der Waals surface area contributed by atoms with E-state index in [0.29, 0.717) is 18.1 Å². The summed E-state index contributed by atoms with van der Waals surface area (Å²) in [7, 11) is 0. The second-order valence-electron chi connectivity index (χ2n) is 6.41. The first-order valence-corrected chi connectivity index (χ1v) is 7.66. The molecule has 1 aliphatic rings. The van der Waals surface area contributed by atoms with Gasteiger partial charge in [0.2, 0.25) is 0 Å². The Morgan fingerprint density at radius 2 is 2.19 bits per heavy atom. The zero-order valence-corrected chi connectivity index (χ0v) is 13.6. The summed E-state index contributed by atoms with van der Waals surface area (Å²) in [4.78, 5) is 12.2. The number of ether oxygens (including phenoxy) is 1. The summed E-state index contributed by atoms with van der Waals surface area (Å²) in [6, 6.07) is 3.80. The first-order chi connectivity index (χ1) is 9.81. The summed E-state index contributed by atoms with van der Waals surface area (Å²) in [5.41, 5.74) is 8.45. The van der Waals surface area contributed by atoms with Gasteiger partial charge in [-0.2, -0.15) is 0 Å². The molecule has 3 N–H and O–H groups in total. The first kappa shape index (κ1) is 16.1. The Morgan fingerprint density at radius 1 is 1.48 bits per heavy atom. The fraction of sp³-hybridized carbons (Fsp3) is 0.562. The average Bonchev–Trinajstić information content (AvgIpc) is 2.59. The second-order valence-corrected chi connectivity index (χ2v) is 6.81. The highest BCUT2D eigenvalue weighted by Gasteiger charge is 2.28. The van der Waals surface area contributed by atoms with Crippen LogP contribution >= 0.6 is 11.6 Å². The van der Waals surface area contributed by atoms with Crippen LogP contribution in [0.1, 0.15) is 38.3 Å². The van der Waals surface area contributed by atoms with Crippen molar-refractivity contribution in [3.8, 4) is 0 Å². The van der Waals surface area contributed by atoms with Gasteiger partial charge < -0.3 is 15.8 Å². The van der Waals surface area contributed by atoms with E-state index in [1.807, 2.05) is 32.9 Å². The lowest BCUT2D eigenvalue weighted by atomic mass is 9.97. The van der Waals surface area contributed by atoms with Gasteiger partial charge in [0.25, 0.3) is 0 Å². The summed E-state index contributed by atoms with van der Waals surface area (Å²) in [5.74, 6) is -0.302. The molecule has 1 unspecified atom stereocenters. The Balaban J connectivity index is 2.16. The van der Waals surface area contributed by atoms with Gasteiger partial charge in [-0.3, -0.25) is 4.79 Å². The molecule has 0 saturated heterocycles. The molecule has 0 saturated carbocycles. The molecule has 0 bridgehead atoms. The van der Waals surface area contributed by atoms with E-state index in [9.17, 15) is 4.79 Å². The van der Waals surface area contributed by atoms with Crippen molar-refractivity contribution in [3.05, 3.63) is 28.3 Å². The molecule has 0 fully saturated rings. The number of nitrogens with one attached hydrogen (secondary N) is 1. The van der Waals surface area contributed by atoms with Gasteiger partial charge in [0.15, 0.2) is 0 Å². The van der Waals surface area contributed by atoms with Crippen LogP contribution in [0.25, 0.3) is 0 Å². The fourth-order valence-electron chi connectivity index (χ4n) is 2.58. The van der Waals surface area contributed by atoms with E-state index in [4.69, 9.17) is 22.1 Å². The molecule has 1 aromatic carbocycles. The Labute approximate surface area is 131 Å². The van der Waals surface area contributed by atoms with Gasteiger partial charge in [0.05, 0.1) is 5.92 Å². The molecule has 4 nitrogen and oxygen atoms in total. The van der Waals surface area contributed by atoms with Crippen LogP contribution in [0.3, 0.4) is 0 Å². The molecule has 1 aromatic rings. The third-order valence-corrected chi connectivity index (χ3v) is 3.95. The predicted molar refractivity (Wildman–Crippen MR) is 85.5 cm³/mol. The molecule has 116 valence electrons. The zero-order chi connectivity index (χ0) is 15.6. The Morgan fingerprint density at radius 3 is 2.81 bits per heavy atom. The lowest BCUT2D eigenvalue weighted by molar-refractivity contribution is -0.159. The van der Waals surface area contributed by atoms with Crippen molar-refractivity contribution in [1.29, 1.82) is 0 Å². The van der Waals surface area contributed by atoms with Crippen LogP contribution < -0.4 is 11.1 Å². The molecule has 5 heteroatoms. The standard InChI is InChI=1S/C16H23ClN2O2/c1-16(2,3)21-15(20)10-4-5-11-12(8-18)13(17)6-7-14(11)19-9-10/h6-7,10,19H,4-5,8-9,18H2,1-3H3. The van der Waals surface area contributed by atoms with E-state index in [1.54, 1.807) is 0 Å². The van der Waals surface area contributed by atoms with E-state index in [0.717, 1.165) is 29.7 Å². The third kappa shape index (κ3) is 3.89. The molecule has 0 aromatic heterocycles. The van der Waals surface area contributed by atoms with Crippen LogP contribution in [0.2, 0.25) is 5.02 Å². The summed E-state index contributed by atoms with van der Waals surface area (Å²) in [5, 5.41) is 4.02. The van der Waals surface area contributed by atoms with Crippen molar-refractivity contribution < 1.29 is 9.53 Å². The number of anilines is 1.